The maximum atomic E-state index is 12.8. The first kappa shape index (κ1) is 20.3. The molecule has 1 amide bonds. The molecule has 140 valence electrons. The molecule has 0 saturated heterocycles. The van der Waals surface area contributed by atoms with Gasteiger partial charge in [0.25, 0.3) is 0 Å². The first-order chi connectivity index (χ1) is 12.4. The Balaban J connectivity index is 1.67. The van der Waals surface area contributed by atoms with Gasteiger partial charge in [0.1, 0.15) is 18.2 Å². The van der Waals surface area contributed by atoms with Gasteiger partial charge in [-0.1, -0.05) is 51.1 Å². The van der Waals surface area contributed by atoms with E-state index in [9.17, 15) is 9.18 Å². The van der Waals surface area contributed by atoms with Gasteiger partial charge in [-0.25, -0.2) is 4.39 Å². The van der Waals surface area contributed by atoms with Gasteiger partial charge in [-0.15, -0.1) is 11.8 Å². The number of halogens is 1. The van der Waals surface area contributed by atoms with Gasteiger partial charge >= 0.3 is 0 Å². The van der Waals surface area contributed by atoms with E-state index < -0.39 is 0 Å². The molecule has 0 aromatic heterocycles. The molecule has 2 aromatic rings. The molecule has 0 heterocycles. The number of hydrogen-bond donors (Lipinski definition) is 1. The lowest BCUT2D eigenvalue weighted by atomic mass is 9.86. The number of amides is 1. The summed E-state index contributed by atoms with van der Waals surface area (Å²) in [6.07, 6.45) is 0. The van der Waals surface area contributed by atoms with Gasteiger partial charge in [0, 0.05) is 5.75 Å². The first-order valence-corrected chi connectivity index (χ1v) is 9.83. The van der Waals surface area contributed by atoms with Crippen LogP contribution in [0.15, 0.2) is 48.5 Å². The van der Waals surface area contributed by atoms with Crippen LogP contribution >= 0.6 is 11.8 Å². The normalized spacial score (nSPS) is 11.2. The van der Waals surface area contributed by atoms with Crippen LogP contribution in [-0.2, 0) is 16.0 Å². The summed E-state index contributed by atoms with van der Waals surface area (Å²) in [6, 6.07) is 14.3. The van der Waals surface area contributed by atoms with E-state index in [1.165, 1.54) is 23.9 Å². The number of carbonyl (C=O) groups is 1. The Morgan fingerprint density at radius 2 is 1.81 bits per heavy atom. The van der Waals surface area contributed by atoms with Crippen molar-refractivity contribution in [3.8, 4) is 5.75 Å². The van der Waals surface area contributed by atoms with Crippen LogP contribution in [0, 0.1) is 5.82 Å². The van der Waals surface area contributed by atoms with Gasteiger partial charge in [-0.3, -0.25) is 4.79 Å². The molecule has 0 bridgehead atoms. The quantitative estimate of drug-likeness (QED) is 0.688. The summed E-state index contributed by atoms with van der Waals surface area (Å²) < 4.78 is 18.7. The van der Waals surface area contributed by atoms with Crippen molar-refractivity contribution < 1.29 is 13.9 Å². The zero-order chi connectivity index (χ0) is 19.0. The molecular weight excluding hydrogens is 349 g/mol. The number of benzene rings is 2. The van der Waals surface area contributed by atoms with Crippen LogP contribution in [0.25, 0.3) is 0 Å². The molecule has 0 fully saturated rings. The molecule has 0 unspecified atom stereocenters. The molecule has 3 nitrogen and oxygen atoms in total. The van der Waals surface area contributed by atoms with Crippen molar-refractivity contribution in [2.45, 2.75) is 31.9 Å². The number of thioether (sulfide) groups is 1. The van der Waals surface area contributed by atoms with Crippen LogP contribution in [-0.4, -0.2) is 24.8 Å². The molecule has 0 aliphatic rings. The number of hydrogen-bond acceptors (Lipinski definition) is 3. The van der Waals surface area contributed by atoms with Crippen LogP contribution in [0.3, 0.4) is 0 Å². The van der Waals surface area contributed by atoms with Crippen molar-refractivity contribution in [3.05, 3.63) is 65.5 Å². The smallest absolute Gasteiger partial charge is 0.230 e. The van der Waals surface area contributed by atoms with Crippen molar-refractivity contribution in [1.29, 1.82) is 0 Å². The molecule has 0 atom stereocenters. The zero-order valence-electron chi connectivity index (χ0n) is 15.5. The summed E-state index contributed by atoms with van der Waals surface area (Å²) in [7, 11) is 0. The fourth-order valence-corrected chi connectivity index (χ4v) is 3.27. The maximum absolute atomic E-state index is 12.8. The zero-order valence-corrected chi connectivity index (χ0v) is 16.4. The van der Waals surface area contributed by atoms with Crippen LogP contribution in [0.1, 0.15) is 31.9 Å². The molecule has 0 radical (unpaired) electrons. The molecule has 1 N–H and O–H groups in total. The third-order valence-electron chi connectivity index (χ3n) is 3.79. The predicted octanol–water partition coefficient (Wildman–Crippen LogP) is 4.55. The molecule has 2 aromatic carbocycles. The minimum atomic E-state index is -0.246. The standard InChI is InChI=1S/C21H26FNO2S/c1-21(2,3)18-6-4-5-7-19(18)25-13-12-23-20(24)15-26-14-16-8-10-17(22)11-9-16/h4-11H,12-15H2,1-3H3,(H,23,24). The summed E-state index contributed by atoms with van der Waals surface area (Å²) in [5.41, 5.74) is 2.17. The lowest BCUT2D eigenvalue weighted by molar-refractivity contribution is -0.118. The van der Waals surface area contributed by atoms with Gasteiger partial charge in [0.15, 0.2) is 0 Å². The topological polar surface area (TPSA) is 38.3 Å². The second-order valence-corrected chi connectivity index (χ2v) is 8.05. The van der Waals surface area contributed by atoms with E-state index in [1.807, 2.05) is 18.2 Å². The summed E-state index contributed by atoms with van der Waals surface area (Å²) in [6.45, 7) is 7.34. The van der Waals surface area contributed by atoms with Gasteiger partial charge in [0.2, 0.25) is 5.91 Å². The lowest BCUT2D eigenvalue weighted by Gasteiger charge is -2.22. The average molecular weight is 376 g/mol. The highest BCUT2D eigenvalue weighted by Gasteiger charge is 2.18. The van der Waals surface area contributed by atoms with Crippen LogP contribution < -0.4 is 10.1 Å². The van der Waals surface area contributed by atoms with Crippen molar-refractivity contribution in [3.63, 3.8) is 0 Å². The third-order valence-corrected chi connectivity index (χ3v) is 4.80. The van der Waals surface area contributed by atoms with E-state index >= 15 is 0 Å². The van der Waals surface area contributed by atoms with Gasteiger partial charge in [-0.2, -0.15) is 0 Å². The number of rotatable bonds is 8. The van der Waals surface area contributed by atoms with Crippen LogP contribution in [0.5, 0.6) is 5.75 Å². The SMILES string of the molecule is CC(C)(C)c1ccccc1OCCNC(=O)CSCc1ccc(F)cc1. The van der Waals surface area contributed by atoms with E-state index in [0.29, 0.717) is 24.7 Å². The highest BCUT2D eigenvalue weighted by Crippen LogP contribution is 2.30. The predicted molar refractivity (Wildman–Crippen MR) is 106 cm³/mol. The average Bonchev–Trinajstić information content (AvgIpc) is 2.60. The highest BCUT2D eigenvalue weighted by molar-refractivity contribution is 7.99. The Kier molecular flexibility index (Phi) is 7.51. The first-order valence-electron chi connectivity index (χ1n) is 8.67. The number of carbonyl (C=O) groups excluding carboxylic acids is 1. The molecular formula is C21H26FNO2S. The molecule has 26 heavy (non-hydrogen) atoms. The van der Waals surface area contributed by atoms with Gasteiger partial charge in [-0.05, 0) is 34.7 Å². The van der Waals surface area contributed by atoms with E-state index in [0.717, 1.165) is 16.9 Å². The molecule has 5 heteroatoms. The largest absolute Gasteiger partial charge is 0.491 e. The Morgan fingerprint density at radius 3 is 2.50 bits per heavy atom. The highest BCUT2D eigenvalue weighted by atomic mass is 32.2. The minimum Gasteiger partial charge on any atom is -0.491 e. The fourth-order valence-electron chi connectivity index (χ4n) is 2.46. The fraction of sp³-hybridized carbons (Fsp3) is 0.381. The summed E-state index contributed by atoms with van der Waals surface area (Å²) >= 11 is 1.51. The Morgan fingerprint density at radius 1 is 1.12 bits per heavy atom. The lowest BCUT2D eigenvalue weighted by Crippen LogP contribution is -2.29. The van der Waals surface area contributed by atoms with E-state index in [-0.39, 0.29) is 17.1 Å². The number of ether oxygens (including phenoxy) is 1. The van der Waals surface area contributed by atoms with E-state index in [4.69, 9.17) is 4.74 Å². The van der Waals surface area contributed by atoms with Gasteiger partial charge < -0.3 is 10.1 Å². The van der Waals surface area contributed by atoms with Crippen molar-refractivity contribution in [2.24, 2.45) is 0 Å². The Bertz CT molecular complexity index is 711. The Labute approximate surface area is 159 Å². The van der Waals surface area contributed by atoms with Crippen molar-refractivity contribution in [1.82, 2.24) is 5.32 Å². The van der Waals surface area contributed by atoms with Crippen LogP contribution in [0.2, 0.25) is 0 Å². The number of para-hydroxylation sites is 1. The Hall–Kier alpha value is -2.01. The van der Waals surface area contributed by atoms with Crippen molar-refractivity contribution >= 4 is 17.7 Å². The van der Waals surface area contributed by atoms with Crippen molar-refractivity contribution in [2.75, 3.05) is 18.9 Å². The van der Waals surface area contributed by atoms with E-state index in [1.54, 1.807) is 12.1 Å². The minimum absolute atomic E-state index is 0.0107. The second kappa shape index (κ2) is 9.62. The maximum Gasteiger partial charge on any atom is 0.230 e. The van der Waals surface area contributed by atoms with Crippen LogP contribution in [0.4, 0.5) is 4.39 Å². The number of nitrogens with one attached hydrogen (secondary N) is 1. The molecule has 0 aliphatic carbocycles. The second-order valence-electron chi connectivity index (χ2n) is 7.06. The van der Waals surface area contributed by atoms with Gasteiger partial charge in [0.05, 0.1) is 12.3 Å². The summed E-state index contributed by atoms with van der Waals surface area (Å²) in [5.74, 6) is 1.65. The molecule has 0 spiro atoms. The third kappa shape index (κ3) is 6.71. The summed E-state index contributed by atoms with van der Waals surface area (Å²) in [4.78, 5) is 11.9. The molecule has 0 saturated carbocycles. The molecule has 2 rings (SSSR count). The van der Waals surface area contributed by atoms with E-state index in [2.05, 4.69) is 32.2 Å². The summed E-state index contributed by atoms with van der Waals surface area (Å²) in [5, 5.41) is 2.86. The molecule has 0 aliphatic heterocycles. The monoisotopic (exact) mass is 375 g/mol.